The van der Waals surface area contributed by atoms with Gasteiger partial charge in [0.25, 0.3) is 0 Å². The molecule has 1 aromatic carbocycles. The highest BCUT2D eigenvalue weighted by Crippen LogP contribution is 2.17. The first-order chi connectivity index (χ1) is 9.79. The minimum Gasteiger partial charge on any atom is -0.313 e. The van der Waals surface area contributed by atoms with Gasteiger partial charge in [-0.3, -0.25) is 0 Å². The van der Waals surface area contributed by atoms with E-state index in [-0.39, 0.29) is 0 Å². The number of para-hydroxylation sites is 1. The summed E-state index contributed by atoms with van der Waals surface area (Å²) in [5.41, 5.74) is 3.36. The summed E-state index contributed by atoms with van der Waals surface area (Å²) in [5, 5.41) is 8.89. The van der Waals surface area contributed by atoms with E-state index in [0.29, 0.717) is 0 Å². The smallest absolute Gasteiger partial charge is 0.154 e. The van der Waals surface area contributed by atoms with Crippen LogP contribution in [0, 0.1) is 6.92 Å². The molecular weight excluding hydrogens is 248 g/mol. The van der Waals surface area contributed by atoms with Crippen molar-refractivity contribution in [1.29, 1.82) is 0 Å². The van der Waals surface area contributed by atoms with E-state index >= 15 is 0 Å². The maximum atomic E-state index is 4.68. The Labute approximate surface area is 118 Å². The number of nitrogens with zero attached hydrogens (tertiary/aromatic N) is 3. The lowest BCUT2D eigenvalue weighted by molar-refractivity contribution is 0.717. The van der Waals surface area contributed by atoms with E-state index in [2.05, 4.69) is 40.5 Å². The van der Waals surface area contributed by atoms with Crippen molar-refractivity contribution in [1.82, 2.24) is 20.1 Å². The first-order valence-electron chi connectivity index (χ1n) is 6.90. The number of aromatic nitrogens is 3. The first-order valence-corrected chi connectivity index (χ1v) is 6.90. The van der Waals surface area contributed by atoms with Crippen LogP contribution in [0.25, 0.3) is 16.7 Å². The van der Waals surface area contributed by atoms with Crippen LogP contribution in [0.4, 0.5) is 0 Å². The van der Waals surface area contributed by atoms with Gasteiger partial charge >= 0.3 is 0 Å². The standard InChI is InChI=1S/C16H18N4/c1-3-17-10-13-8-9-16(19-12(13)2)20-15-7-5-4-6-14(15)11-18-20/h4-9,11,17H,3,10H2,1-2H3. The predicted molar refractivity (Wildman–Crippen MR) is 81.0 cm³/mol. The lowest BCUT2D eigenvalue weighted by atomic mass is 10.2. The minimum absolute atomic E-state index is 0.857. The molecular formula is C16H18N4. The third-order valence-electron chi connectivity index (χ3n) is 3.44. The van der Waals surface area contributed by atoms with E-state index in [1.807, 2.05) is 36.0 Å². The molecule has 2 heterocycles. The lowest BCUT2D eigenvalue weighted by Gasteiger charge is -2.09. The maximum Gasteiger partial charge on any atom is 0.154 e. The topological polar surface area (TPSA) is 42.7 Å². The fourth-order valence-electron chi connectivity index (χ4n) is 2.30. The molecule has 0 bridgehead atoms. The molecule has 0 saturated heterocycles. The summed E-state index contributed by atoms with van der Waals surface area (Å²) < 4.78 is 1.89. The molecule has 0 aliphatic heterocycles. The van der Waals surface area contributed by atoms with E-state index in [9.17, 15) is 0 Å². The van der Waals surface area contributed by atoms with Crippen molar-refractivity contribution in [3.63, 3.8) is 0 Å². The number of nitrogens with one attached hydrogen (secondary N) is 1. The molecule has 0 aliphatic rings. The van der Waals surface area contributed by atoms with Gasteiger partial charge in [0.05, 0.1) is 11.7 Å². The quantitative estimate of drug-likeness (QED) is 0.789. The van der Waals surface area contributed by atoms with Gasteiger partial charge in [-0.25, -0.2) is 9.67 Å². The molecule has 0 unspecified atom stereocenters. The largest absolute Gasteiger partial charge is 0.313 e. The monoisotopic (exact) mass is 266 g/mol. The fourth-order valence-corrected chi connectivity index (χ4v) is 2.30. The highest BCUT2D eigenvalue weighted by atomic mass is 15.3. The van der Waals surface area contributed by atoms with Gasteiger partial charge in [0.2, 0.25) is 0 Å². The van der Waals surface area contributed by atoms with Crippen molar-refractivity contribution in [2.45, 2.75) is 20.4 Å². The maximum absolute atomic E-state index is 4.68. The van der Waals surface area contributed by atoms with Crippen LogP contribution in [-0.2, 0) is 6.54 Å². The second-order valence-electron chi connectivity index (χ2n) is 4.81. The number of pyridine rings is 1. The van der Waals surface area contributed by atoms with Gasteiger partial charge in [-0.2, -0.15) is 5.10 Å². The summed E-state index contributed by atoms with van der Waals surface area (Å²) in [7, 11) is 0. The number of rotatable bonds is 4. The highest BCUT2D eigenvalue weighted by molar-refractivity contribution is 5.79. The Morgan fingerprint density at radius 3 is 2.80 bits per heavy atom. The number of hydrogen-bond donors (Lipinski definition) is 1. The van der Waals surface area contributed by atoms with Crippen LogP contribution in [0.2, 0.25) is 0 Å². The van der Waals surface area contributed by atoms with Crippen molar-refractivity contribution in [3.05, 3.63) is 53.9 Å². The minimum atomic E-state index is 0.857. The van der Waals surface area contributed by atoms with Gasteiger partial charge < -0.3 is 5.32 Å². The molecule has 0 amide bonds. The van der Waals surface area contributed by atoms with Crippen LogP contribution in [0.15, 0.2) is 42.6 Å². The zero-order valence-electron chi connectivity index (χ0n) is 11.8. The van der Waals surface area contributed by atoms with Crippen LogP contribution < -0.4 is 5.32 Å². The summed E-state index contributed by atoms with van der Waals surface area (Å²) in [4.78, 5) is 4.68. The second-order valence-corrected chi connectivity index (χ2v) is 4.81. The van der Waals surface area contributed by atoms with Gasteiger partial charge in [0, 0.05) is 17.6 Å². The Bertz CT molecular complexity index is 730. The van der Waals surface area contributed by atoms with Crippen LogP contribution in [-0.4, -0.2) is 21.3 Å². The van der Waals surface area contributed by atoms with E-state index in [1.165, 1.54) is 5.56 Å². The fraction of sp³-hybridized carbons (Fsp3) is 0.250. The van der Waals surface area contributed by atoms with Crippen LogP contribution >= 0.6 is 0 Å². The van der Waals surface area contributed by atoms with E-state index < -0.39 is 0 Å². The van der Waals surface area contributed by atoms with Crippen molar-refractivity contribution >= 4 is 10.9 Å². The van der Waals surface area contributed by atoms with E-state index in [4.69, 9.17) is 0 Å². The van der Waals surface area contributed by atoms with Crippen molar-refractivity contribution in [3.8, 4) is 5.82 Å². The average molecular weight is 266 g/mol. The molecule has 0 atom stereocenters. The molecule has 3 aromatic rings. The van der Waals surface area contributed by atoms with Crippen molar-refractivity contribution < 1.29 is 0 Å². The molecule has 0 fully saturated rings. The van der Waals surface area contributed by atoms with Gasteiger partial charge in [0.15, 0.2) is 5.82 Å². The first kappa shape index (κ1) is 12.8. The summed E-state index contributed by atoms with van der Waals surface area (Å²) in [6, 6.07) is 12.3. The molecule has 0 aliphatic carbocycles. The third kappa shape index (κ3) is 2.30. The molecule has 0 saturated carbocycles. The van der Waals surface area contributed by atoms with Gasteiger partial charge in [-0.05, 0) is 31.2 Å². The summed E-state index contributed by atoms with van der Waals surface area (Å²) in [6.07, 6.45) is 1.87. The highest BCUT2D eigenvalue weighted by Gasteiger charge is 2.07. The number of fused-ring (bicyclic) bond motifs is 1. The number of aryl methyl sites for hydroxylation is 1. The molecule has 0 radical (unpaired) electrons. The van der Waals surface area contributed by atoms with E-state index in [0.717, 1.165) is 35.5 Å². The molecule has 4 nitrogen and oxygen atoms in total. The van der Waals surface area contributed by atoms with Gasteiger partial charge in [-0.1, -0.05) is 31.2 Å². The summed E-state index contributed by atoms with van der Waals surface area (Å²) >= 11 is 0. The van der Waals surface area contributed by atoms with Crippen LogP contribution in [0.5, 0.6) is 0 Å². The SMILES string of the molecule is CCNCc1ccc(-n2ncc3ccccc32)nc1C. The third-order valence-corrected chi connectivity index (χ3v) is 3.44. The van der Waals surface area contributed by atoms with Gasteiger partial charge in [0.1, 0.15) is 0 Å². The molecule has 20 heavy (non-hydrogen) atoms. The molecule has 3 rings (SSSR count). The van der Waals surface area contributed by atoms with E-state index in [1.54, 1.807) is 0 Å². The zero-order chi connectivity index (χ0) is 13.9. The number of hydrogen-bond acceptors (Lipinski definition) is 3. The van der Waals surface area contributed by atoms with Crippen molar-refractivity contribution in [2.24, 2.45) is 0 Å². The Morgan fingerprint density at radius 1 is 1.15 bits per heavy atom. The normalized spacial score (nSPS) is 11.1. The molecule has 0 spiro atoms. The Hall–Kier alpha value is -2.20. The van der Waals surface area contributed by atoms with Crippen molar-refractivity contribution in [2.75, 3.05) is 6.54 Å². The van der Waals surface area contributed by atoms with Crippen LogP contribution in [0.3, 0.4) is 0 Å². The Balaban J connectivity index is 2.00. The predicted octanol–water partition coefficient (Wildman–Crippen LogP) is 2.84. The Kier molecular flexibility index (Phi) is 3.48. The second kappa shape index (κ2) is 5.43. The summed E-state index contributed by atoms with van der Waals surface area (Å²) in [5.74, 6) is 0.865. The number of benzene rings is 1. The molecule has 1 N–H and O–H groups in total. The summed E-state index contributed by atoms with van der Waals surface area (Å²) in [6.45, 7) is 5.97. The molecule has 4 heteroatoms. The average Bonchev–Trinajstić information content (AvgIpc) is 2.90. The van der Waals surface area contributed by atoms with Gasteiger partial charge in [-0.15, -0.1) is 0 Å². The van der Waals surface area contributed by atoms with Crippen LogP contribution in [0.1, 0.15) is 18.2 Å². The molecule has 2 aromatic heterocycles. The molecule has 102 valence electrons. The lowest BCUT2D eigenvalue weighted by Crippen LogP contribution is -2.13. The Morgan fingerprint density at radius 2 is 2.00 bits per heavy atom. The zero-order valence-corrected chi connectivity index (χ0v) is 11.8.